The molecule has 0 unspecified atom stereocenters. The first-order chi connectivity index (χ1) is 8.18. The van der Waals surface area contributed by atoms with Gasteiger partial charge >= 0.3 is 0 Å². The molecule has 17 heavy (non-hydrogen) atoms. The average molecular weight is 268 g/mol. The lowest BCUT2D eigenvalue weighted by molar-refractivity contribution is 0.0684. The van der Waals surface area contributed by atoms with E-state index < -0.39 is 0 Å². The smallest absolute Gasteiger partial charge is 0.275 e. The summed E-state index contributed by atoms with van der Waals surface area (Å²) in [6.07, 6.45) is 1.74. The molecule has 0 aliphatic heterocycles. The van der Waals surface area contributed by atoms with Crippen molar-refractivity contribution in [1.29, 1.82) is 0 Å². The molecule has 0 spiro atoms. The summed E-state index contributed by atoms with van der Waals surface area (Å²) in [7, 11) is 0. The number of hydrogen-bond acceptors (Lipinski definition) is 6. The molecule has 5 nitrogen and oxygen atoms in total. The Morgan fingerprint density at radius 3 is 2.88 bits per heavy atom. The number of carbonyl (C=O) groups is 1. The van der Waals surface area contributed by atoms with Crippen molar-refractivity contribution in [3.63, 3.8) is 0 Å². The summed E-state index contributed by atoms with van der Waals surface area (Å²) in [5.74, 6) is -0.0936. The lowest BCUT2D eigenvalue weighted by Gasteiger charge is -2.24. The van der Waals surface area contributed by atoms with Gasteiger partial charge in [0.25, 0.3) is 5.91 Å². The van der Waals surface area contributed by atoms with Gasteiger partial charge in [0, 0.05) is 23.0 Å². The van der Waals surface area contributed by atoms with Crippen molar-refractivity contribution in [3.8, 4) is 0 Å². The van der Waals surface area contributed by atoms with Crippen molar-refractivity contribution < 1.29 is 4.79 Å². The molecule has 0 radical (unpaired) electrons. The van der Waals surface area contributed by atoms with Crippen LogP contribution in [0.2, 0.25) is 0 Å². The molecular weight excluding hydrogens is 256 g/mol. The number of carbonyl (C=O) groups excluding carboxylic acids is 1. The molecule has 1 amide bonds. The summed E-state index contributed by atoms with van der Waals surface area (Å²) in [6, 6.07) is 0.105. The summed E-state index contributed by atoms with van der Waals surface area (Å²) in [4.78, 5) is 18.1. The van der Waals surface area contributed by atoms with E-state index in [2.05, 4.69) is 14.6 Å². The maximum atomic E-state index is 12.2. The van der Waals surface area contributed by atoms with E-state index in [0.717, 1.165) is 5.01 Å². The zero-order chi connectivity index (χ0) is 12.3. The summed E-state index contributed by atoms with van der Waals surface area (Å²) >= 11 is 2.73. The first kappa shape index (κ1) is 12.1. The number of hydrogen-bond donors (Lipinski definition) is 0. The molecule has 2 aromatic heterocycles. The van der Waals surface area contributed by atoms with Gasteiger partial charge in [-0.1, -0.05) is 4.49 Å². The third-order valence-corrected chi connectivity index (χ3v) is 3.52. The molecule has 0 bridgehead atoms. The molecular formula is C10H12N4OS2. The average Bonchev–Trinajstić information content (AvgIpc) is 2.97. The lowest BCUT2D eigenvalue weighted by Crippen LogP contribution is -2.36. The van der Waals surface area contributed by atoms with E-state index in [1.165, 1.54) is 11.5 Å². The van der Waals surface area contributed by atoms with Gasteiger partial charge in [0.1, 0.15) is 5.01 Å². The topological polar surface area (TPSA) is 59.0 Å². The number of nitrogens with zero attached hydrogens (tertiary/aromatic N) is 4. The molecule has 0 aliphatic rings. The van der Waals surface area contributed by atoms with Crippen LogP contribution in [0.5, 0.6) is 0 Å². The highest BCUT2D eigenvalue weighted by atomic mass is 32.1. The normalized spacial score (nSPS) is 10.8. The molecule has 0 aliphatic carbocycles. The minimum atomic E-state index is -0.0936. The molecule has 0 atom stereocenters. The SMILES string of the molecule is CC(C)N(Cc1nccs1)C(=O)c1csnn1. The van der Waals surface area contributed by atoms with Crippen molar-refractivity contribution in [3.05, 3.63) is 27.7 Å². The summed E-state index contributed by atoms with van der Waals surface area (Å²) in [6.45, 7) is 4.47. The Balaban J connectivity index is 2.15. The maximum absolute atomic E-state index is 12.2. The molecule has 2 rings (SSSR count). The summed E-state index contributed by atoms with van der Waals surface area (Å²) in [5.41, 5.74) is 0.403. The molecule has 2 aromatic rings. The van der Waals surface area contributed by atoms with Crippen LogP contribution >= 0.6 is 22.9 Å². The molecule has 0 fully saturated rings. The first-order valence-electron chi connectivity index (χ1n) is 5.15. The van der Waals surface area contributed by atoms with E-state index in [1.807, 2.05) is 19.2 Å². The first-order valence-corrected chi connectivity index (χ1v) is 6.86. The van der Waals surface area contributed by atoms with Crippen molar-refractivity contribution in [1.82, 2.24) is 19.5 Å². The van der Waals surface area contributed by atoms with Crippen molar-refractivity contribution in [2.24, 2.45) is 0 Å². The zero-order valence-electron chi connectivity index (χ0n) is 9.53. The standard InChI is InChI=1S/C10H12N4OS2/c1-7(2)14(5-9-11-3-4-16-9)10(15)8-6-17-13-12-8/h3-4,6-7H,5H2,1-2H3. The monoisotopic (exact) mass is 268 g/mol. The van der Waals surface area contributed by atoms with Gasteiger partial charge in [-0.2, -0.15) is 0 Å². The van der Waals surface area contributed by atoms with E-state index >= 15 is 0 Å². The lowest BCUT2D eigenvalue weighted by atomic mass is 10.3. The highest BCUT2D eigenvalue weighted by Gasteiger charge is 2.21. The predicted molar refractivity (Wildman–Crippen MR) is 67.0 cm³/mol. The molecule has 0 N–H and O–H groups in total. The van der Waals surface area contributed by atoms with E-state index in [4.69, 9.17) is 0 Å². The fourth-order valence-corrected chi connectivity index (χ4v) is 2.41. The van der Waals surface area contributed by atoms with E-state index in [9.17, 15) is 4.79 Å². The second-order valence-electron chi connectivity index (χ2n) is 3.74. The Morgan fingerprint density at radius 2 is 2.35 bits per heavy atom. The minimum absolute atomic E-state index is 0.0936. The van der Waals surface area contributed by atoms with E-state index in [-0.39, 0.29) is 11.9 Å². The highest BCUT2D eigenvalue weighted by Crippen LogP contribution is 2.14. The molecule has 90 valence electrons. The van der Waals surface area contributed by atoms with Gasteiger partial charge in [0.05, 0.1) is 6.54 Å². The van der Waals surface area contributed by atoms with Crippen LogP contribution in [-0.2, 0) is 6.54 Å². The summed E-state index contributed by atoms with van der Waals surface area (Å²) in [5, 5.41) is 8.31. The Hall–Kier alpha value is -1.34. The third-order valence-electron chi connectivity index (χ3n) is 2.25. The van der Waals surface area contributed by atoms with Crippen LogP contribution in [-0.4, -0.2) is 31.4 Å². The van der Waals surface area contributed by atoms with E-state index in [1.54, 1.807) is 27.8 Å². The second kappa shape index (κ2) is 5.33. The van der Waals surface area contributed by atoms with Gasteiger partial charge in [0.2, 0.25) is 0 Å². The largest absolute Gasteiger partial charge is 0.328 e. The fourth-order valence-electron chi connectivity index (χ4n) is 1.37. The number of amides is 1. The Kier molecular flexibility index (Phi) is 3.80. The number of rotatable bonds is 4. The third kappa shape index (κ3) is 2.86. The quantitative estimate of drug-likeness (QED) is 0.851. The maximum Gasteiger partial charge on any atom is 0.275 e. The van der Waals surface area contributed by atoms with Crippen LogP contribution in [0.4, 0.5) is 0 Å². The molecule has 0 saturated heterocycles. The van der Waals surface area contributed by atoms with Crippen LogP contribution < -0.4 is 0 Å². The van der Waals surface area contributed by atoms with Gasteiger partial charge < -0.3 is 4.90 Å². The molecule has 0 saturated carbocycles. The van der Waals surface area contributed by atoms with Crippen LogP contribution in [0.3, 0.4) is 0 Å². The number of aromatic nitrogens is 3. The Morgan fingerprint density at radius 1 is 1.53 bits per heavy atom. The van der Waals surface area contributed by atoms with Gasteiger partial charge in [-0.3, -0.25) is 4.79 Å². The molecule has 2 heterocycles. The van der Waals surface area contributed by atoms with E-state index in [0.29, 0.717) is 12.2 Å². The fraction of sp³-hybridized carbons (Fsp3) is 0.400. The van der Waals surface area contributed by atoms with Gasteiger partial charge in [-0.15, -0.1) is 16.4 Å². The Labute approximate surface area is 107 Å². The van der Waals surface area contributed by atoms with Crippen molar-refractivity contribution >= 4 is 28.8 Å². The molecule has 7 heteroatoms. The van der Waals surface area contributed by atoms with Crippen LogP contribution in [0.15, 0.2) is 17.0 Å². The minimum Gasteiger partial charge on any atom is -0.328 e. The second-order valence-corrected chi connectivity index (χ2v) is 5.33. The summed E-state index contributed by atoms with van der Waals surface area (Å²) < 4.78 is 3.71. The van der Waals surface area contributed by atoms with Crippen LogP contribution in [0.25, 0.3) is 0 Å². The van der Waals surface area contributed by atoms with Crippen molar-refractivity contribution in [2.75, 3.05) is 0 Å². The highest BCUT2D eigenvalue weighted by molar-refractivity contribution is 7.09. The van der Waals surface area contributed by atoms with Crippen LogP contribution in [0, 0.1) is 0 Å². The van der Waals surface area contributed by atoms with Gasteiger partial charge in [-0.25, -0.2) is 4.98 Å². The molecule has 0 aromatic carbocycles. The van der Waals surface area contributed by atoms with Crippen LogP contribution in [0.1, 0.15) is 29.3 Å². The van der Waals surface area contributed by atoms with Crippen molar-refractivity contribution in [2.45, 2.75) is 26.4 Å². The van der Waals surface area contributed by atoms with Gasteiger partial charge in [0.15, 0.2) is 5.69 Å². The Bertz CT molecular complexity index is 466. The predicted octanol–water partition coefficient (Wildman–Crippen LogP) is 2.05. The zero-order valence-corrected chi connectivity index (χ0v) is 11.2. The van der Waals surface area contributed by atoms with Gasteiger partial charge in [-0.05, 0) is 25.4 Å². The number of thiazole rings is 1.